The molecule has 108 valence electrons. The number of hydrogen-bond donors (Lipinski definition) is 1. The highest BCUT2D eigenvalue weighted by Gasteiger charge is 2.21. The van der Waals surface area contributed by atoms with Gasteiger partial charge in [0.15, 0.2) is 0 Å². The van der Waals surface area contributed by atoms with E-state index in [1.807, 2.05) is 6.20 Å². The first-order valence-electron chi connectivity index (χ1n) is 7.40. The summed E-state index contributed by atoms with van der Waals surface area (Å²) in [6, 6.07) is 0. The molecule has 1 heterocycles. The number of hydrogen-bond acceptors (Lipinski definition) is 1. The number of rotatable bonds is 9. The predicted molar refractivity (Wildman–Crippen MR) is 74.9 cm³/mol. The Bertz CT molecular complexity index is 399. The van der Waals surface area contributed by atoms with Crippen molar-refractivity contribution in [1.29, 1.82) is 0 Å². The molecule has 0 saturated carbocycles. The van der Waals surface area contributed by atoms with Crippen LogP contribution in [0.2, 0.25) is 0 Å². The summed E-state index contributed by atoms with van der Waals surface area (Å²) in [6.07, 6.45) is 9.85. The van der Waals surface area contributed by atoms with Crippen LogP contribution < -0.4 is 4.57 Å². The lowest BCUT2D eigenvalue weighted by Gasteiger charge is -2.07. The Morgan fingerprint density at radius 1 is 1.37 bits per heavy atom. The van der Waals surface area contributed by atoms with Crippen LogP contribution in [-0.2, 0) is 24.3 Å². The molecule has 4 heteroatoms. The van der Waals surface area contributed by atoms with Gasteiger partial charge in [-0.2, -0.15) is 0 Å². The lowest BCUT2D eigenvalue weighted by Crippen LogP contribution is -2.41. The monoisotopic (exact) mass is 267 g/mol. The summed E-state index contributed by atoms with van der Waals surface area (Å²) in [7, 11) is 0. The molecule has 0 aliphatic heterocycles. The molecule has 1 unspecified atom stereocenters. The molecule has 0 saturated heterocycles. The molecule has 0 fully saturated rings. The van der Waals surface area contributed by atoms with Crippen molar-refractivity contribution in [2.75, 3.05) is 0 Å². The second-order valence-electron chi connectivity index (χ2n) is 5.26. The zero-order chi connectivity index (χ0) is 14.3. The van der Waals surface area contributed by atoms with Gasteiger partial charge in [-0.05, 0) is 19.8 Å². The summed E-state index contributed by atoms with van der Waals surface area (Å²) < 4.78 is 4.38. The summed E-state index contributed by atoms with van der Waals surface area (Å²) >= 11 is 0. The van der Waals surface area contributed by atoms with E-state index in [-0.39, 0.29) is 5.92 Å². The molecule has 0 aliphatic rings. The Hall–Kier alpha value is -1.32. The number of imidazole rings is 1. The van der Waals surface area contributed by atoms with Gasteiger partial charge in [0, 0.05) is 6.42 Å². The smallest absolute Gasteiger partial charge is 0.310 e. The molecule has 0 bridgehead atoms. The van der Waals surface area contributed by atoms with Gasteiger partial charge in [-0.15, -0.1) is 0 Å². The van der Waals surface area contributed by atoms with Gasteiger partial charge in [-0.3, -0.25) is 4.79 Å². The van der Waals surface area contributed by atoms with Crippen LogP contribution in [0.3, 0.4) is 0 Å². The summed E-state index contributed by atoms with van der Waals surface area (Å²) in [5.74, 6) is 0.200. The van der Waals surface area contributed by atoms with Gasteiger partial charge >= 0.3 is 5.97 Å². The molecule has 0 amide bonds. The minimum atomic E-state index is -0.727. The average molecular weight is 267 g/mol. The number of carboxylic acid groups (broad SMARTS) is 1. The maximum absolute atomic E-state index is 11.0. The van der Waals surface area contributed by atoms with Crippen LogP contribution in [0.25, 0.3) is 0 Å². The largest absolute Gasteiger partial charge is 0.481 e. The molecule has 1 aromatic heterocycles. The van der Waals surface area contributed by atoms with Crippen LogP contribution >= 0.6 is 0 Å². The van der Waals surface area contributed by atoms with Crippen LogP contribution in [0.1, 0.15) is 52.3 Å². The normalized spacial score (nSPS) is 12.6. The van der Waals surface area contributed by atoms with Crippen molar-refractivity contribution in [2.24, 2.45) is 5.92 Å². The van der Waals surface area contributed by atoms with Crippen LogP contribution in [0.15, 0.2) is 12.4 Å². The first kappa shape index (κ1) is 15.7. The van der Waals surface area contributed by atoms with Crippen LogP contribution in [0.4, 0.5) is 0 Å². The molecule has 1 aromatic rings. The van der Waals surface area contributed by atoms with Gasteiger partial charge in [0.05, 0.1) is 12.5 Å². The molecule has 0 aliphatic carbocycles. The molecule has 1 atom stereocenters. The van der Waals surface area contributed by atoms with E-state index in [9.17, 15) is 4.79 Å². The van der Waals surface area contributed by atoms with Gasteiger partial charge in [-0.1, -0.05) is 26.7 Å². The van der Waals surface area contributed by atoms with Gasteiger partial charge in [0.2, 0.25) is 0 Å². The molecule has 1 rings (SSSR count). The summed E-state index contributed by atoms with van der Waals surface area (Å²) in [5, 5.41) is 9.04. The molecular formula is C15H27N2O2+. The minimum Gasteiger partial charge on any atom is -0.481 e. The Kier molecular flexibility index (Phi) is 6.60. The first-order valence-corrected chi connectivity index (χ1v) is 7.40. The molecule has 0 spiro atoms. The molecule has 0 radical (unpaired) electrons. The summed E-state index contributed by atoms with van der Waals surface area (Å²) in [5.41, 5.74) is 0. The Balaban J connectivity index is 2.80. The standard InChI is InChI=1S/C15H26N2O2/c1-4-6-7-8-14-16(9-5-2)10-11-17(14)12-13(3)15(18)19/h10-11,13H,4-9,12H2,1-3H3/p+1. The van der Waals surface area contributed by atoms with Crippen molar-refractivity contribution in [3.8, 4) is 0 Å². The number of aryl methyl sites for hydroxylation is 1. The van der Waals surface area contributed by atoms with Crippen molar-refractivity contribution < 1.29 is 14.5 Å². The third-order valence-electron chi connectivity index (χ3n) is 3.45. The molecule has 19 heavy (non-hydrogen) atoms. The van der Waals surface area contributed by atoms with Crippen LogP contribution in [-0.4, -0.2) is 15.6 Å². The van der Waals surface area contributed by atoms with E-state index in [4.69, 9.17) is 5.11 Å². The van der Waals surface area contributed by atoms with Crippen molar-refractivity contribution in [2.45, 2.75) is 66.0 Å². The van der Waals surface area contributed by atoms with Crippen LogP contribution in [0, 0.1) is 5.92 Å². The highest BCUT2D eigenvalue weighted by atomic mass is 16.4. The number of carboxylic acids is 1. The topological polar surface area (TPSA) is 46.1 Å². The fourth-order valence-corrected chi connectivity index (χ4v) is 2.30. The Morgan fingerprint density at radius 2 is 2.11 bits per heavy atom. The van der Waals surface area contributed by atoms with Gasteiger partial charge in [-0.25, -0.2) is 9.13 Å². The van der Waals surface area contributed by atoms with Gasteiger partial charge < -0.3 is 5.11 Å². The fraction of sp³-hybridized carbons (Fsp3) is 0.733. The molecular weight excluding hydrogens is 240 g/mol. The number of aromatic nitrogens is 2. The number of unbranched alkanes of at least 4 members (excludes halogenated alkanes) is 2. The van der Waals surface area contributed by atoms with Crippen molar-refractivity contribution in [1.82, 2.24) is 4.57 Å². The third-order valence-corrected chi connectivity index (χ3v) is 3.45. The van der Waals surface area contributed by atoms with E-state index in [1.165, 1.54) is 25.1 Å². The van der Waals surface area contributed by atoms with E-state index in [2.05, 4.69) is 29.2 Å². The molecule has 0 aromatic carbocycles. The summed E-state index contributed by atoms with van der Waals surface area (Å²) in [6.45, 7) is 7.71. The lowest BCUT2D eigenvalue weighted by molar-refractivity contribution is -0.707. The number of carbonyl (C=O) groups is 1. The fourth-order valence-electron chi connectivity index (χ4n) is 2.30. The van der Waals surface area contributed by atoms with Crippen molar-refractivity contribution in [3.05, 3.63) is 18.2 Å². The van der Waals surface area contributed by atoms with E-state index >= 15 is 0 Å². The first-order chi connectivity index (χ1) is 9.10. The molecule has 1 N–H and O–H groups in total. The minimum absolute atomic E-state index is 0.340. The van der Waals surface area contributed by atoms with Gasteiger partial charge in [0.25, 0.3) is 5.82 Å². The number of aliphatic carboxylic acids is 1. The highest BCUT2D eigenvalue weighted by molar-refractivity contribution is 5.69. The van der Waals surface area contributed by atoms with E-state index < -0.39 is 5.97 Å². The quantitative estimate of drug-likeness (QED) is 0.552. The SMILES string of the molecule is CCCCCc1n(CCC)cc[n+]1CC(C)C(=O)O. The predicted octanol–water partition coefficient (Wildman–Crippen LogP) is 2.64. The highest BCUT2D eigenvalue weighted by Crippen LogP contribution is 2.06. The van der Waals surface area contributed by atoms with Crippen LogP contribution in [0.5, 0.6) is 0 Å². The van der Waals surface area contributed by atoms with Gasteiger partial charge in [0.1, 0.15) is 18.9 Å². The lowest BCUT2D eigenvalue weighted by atomic mass is 10.1. The van der Waals surface area contributed by atoms with E-state index in [0.717, 1.165) is 19.4 Å². The Morgan fingerprint density at radius 3 is 2.68 bits per heavy atom. The van der Waals surface area contributed by atoms with Crippen molar-refractivity contribution in [3.63, 3.8) is 0 Å². The zero-order valence-corrected chi connectivity index (χ0v) is 12.4. The Labute approximate surface area is 116 Å². The van der Waals surface area contributed by atoms with Crippen molar-refractivity contribution >= 4 is 5.97 Å². The second-order valence-corrected chi connectivity index (χ2v) is 5.26. The zero-order valence-electron chi connectivity index (χ0n) is 12.4. The third kappa shape index (κ3) is 4.69. The second kappa shape index (κ2) is 7.97. The average Bonchev–Trinajstić information content (AvgIpc) is 2.73. The maximum Gasteiger partial charge on any atom is 0.310 e. The maximum atomic E-state index is 11.0. The number of nitrogens with zero attached hydrogens (tertiary/aromatic N) is 2. The molecule has 4 nitrogen and oxygen atoms in total. The van der Waals surface area contributed by atoms with E-state index in [1.54, 1.807) is 6.92 Å². The summed E-state index contributed by atoms with van der Waals surface area (Å²) in [4.78, 5) is 11.0. The van der Waals surface area contributed by atoms with E-state index in [0.29, 0.717) is 6.54 Å².